The first kappa shape index (κ1) is 22.0. The maximum Gasteiger partial charge on any atom is 0.492 e. The molecule has 1 aromatic carbocycles. The number of allylic oxidation sites excluding steroid dienone is 1. The number of carboxylic acids is 1. The lowest BCUT2D eigenvalue weighted by molar-refractivity contribution is -0.138. The third-order valence-corrected chi connectivity index (χ3v) is 5.17. The summed E-state index contributed by atoms with van der Waals surface area (Å²) in [5, 5.41) is 30.3. The number of hydrogen-bond donors (Lipinski definition) is 4. The van der Waals surface area contributed by atoms with Crippen molar-refractivity contribution in [2.24, 2.45) is 0 Å². The number of benzene rings is 1. The van der Waals surface area contributed by atoms with Crippen LogP contribution < -0.4 is 15.5 Å². The Kier molecular flexibility index (Phi) is 7.28. The van der Waals surface area contributed by atoms with Crippen molar-refractivity contribution in [3.63, 3.8) is 0 Å². The molecular weight excluding hydrogens is 383 g/mol. The monoisotopic (exact) mass is 406 g/mol. The average Bonchev–Trinajstić information content (AvgIpc) is 2.88. The van der Waals surface area contributed by atoms with Crippen molar-refractivity contribution in [2.75, 3.05) is 0 Å². The van der Waals surface area contributed by atoms with Gasteiger partial charge in [-0.25, -0.2) is 0 Å². The van der Waals surface area contributed by atoms with Gasteiger partial charge in [0.1, 0.15) is 5.75 Å². The first-order valence-corrected chi connectivity index (χ1v) is 9.55. The van der Waals surface area contributed by atoms with Crippen LogP contribution in [0.2, 0.25) is 0 Å². The number of carbonyl (C=O) groups is 2. The second-order valence-corrected chi connectivity index (χ2v) is 7.44. The zero-order chi connectivity index (χ0) is 21.0. The van der Waals surface area contributed by atoms with E-state index >= 15 is 0 Å². The molecule has 1 unspecified atom stereocenters. The van der Waals surface area contributed by atoms with E-state index in [1.54, 1.807) is 19.1 Å². The molecule has 1 heterocycles. The normalized spacial score (nSPS) is 16.3. The highest BCUT2D eigenvalue weighted by molar-refractivity contribution is 8.16. The van der Waals surface area contributed by atoms with Crippen LogP contribution in [0.5, 0.6) is 5.75 Å². The predicted molar refractivity (Wildman–Crippen MR) is 108 cm³/mol. The van der Waals surface area contributed by atoms with Gasteiger partial charge in [-0.15, -0.1) is 0 Å². The van der Waals surface area contributed by atoms with Gasteiger partial charge in [0.15, 0.2) is 0 Å². The number of carboxylic acid groups (broad SMARTS) is 1. The van der Waals surface area contributed by atoms with E-state index in [0.29, 0.717) is 33.8 Å². The number of thioether (sulfide) groups is 1. The van der Waals surface area contributed by atoms with Gasteiger partial charge in [0.25, 0.3) is 5.23 Å². The standard InChI is InChI=1S/C18H23BN2O6S/c1-5-9(2)17(21-11(4)22)28-18(20)26-12-6-10(3)16-13(7-12)19(25)27-14(16)8-15(23)24/h6-7,14,20,25H,5,8H2,1-4H3,(H,21,22)(H,23,24). The Hall–Kier alpha value is -2.30. The molecule has 1 aliphatic rings. The molecular formula is C18H23BN2O6S. The Labute approximate surface area is 168 Å². The van der Waals surface area contributed by atoms with E-state index in [9.17, 15) is 14.6 Å². The van der Waals surface area contributed by atoms with Gasteiger partial charge in [0.05, 0.1) is 17.6 Å². The number of carbonyl (C=O) groups excluding carboxylic acids is 1. The SMILES string of the molecule is CCC(C)=C(NC(C)=O)SC(=N)Oc1cc(C)c2c(c1)B(O)OC2CC(=O)O. The van der Waals surface area contributed by atoms with Crippen LogP contribution in [0.25, 0.3) is 0 Å². The van der Waals surface area contributed by atoms with E-state index < -0.39 is 19.2 Å². The second kappa shape index (κ2) is 9.27. The van der Waals surface area contributed by atoms with Crippen LogP contribution in [0.3, 0.4) is 0 Å². The van der Waals surface area contributed by atoms with E-state index in [4.69, 9.17) is 19.9 Å². The van der Waals surface area contributed by atoms with Crippen LogP contribution in [-0.4, -0.2) is 34.4 Å². The highest BCUT2D eigenvalue weighted by Crippen LogP contribution is 2.32. The average molecular weight is 406 g/mol. The molecule has 0 radical (unpaired) electrons. The zero-order valence-corrected chi connectivity index (χ0v) is 17.0. The Morgan fingerprint density at radius 2 is 2.07 bits per heavy atom. The lowest BCUT2D eigenvalue weighted by Gasteiger charge is -2.15. The van der Waals surface area contributed by atoms with Gasteiger partial charge in [-0.1, -0.05) is 6.92 Å². The van der Waals surface area contributed by atoms with Crippen molar-refractivity contribution in [3.05, 3.63) is 33.9 Å². The number of hydrogen-bond acceptors (Lipinski definition) is 7. The van der Waals surface area contributed by atoms with Crippen LogP contribution in [0.15, 0.2) is 22.7 Å². The Morgan fingerprint density at radius 3 is 2.64 bits per heavy atom. The molecule has 1 atom stereocenters. The molecule has 2 rings (SSSR count). The van der Waals surface area contributed by atoms with E-state index in [2.05, 4.69) is 5.32 Å². The van der Waals surface area contributed by atoms with Crippen molar-refractivity contribution in [2.45, 2.75) is 46.6 Å². The van der Waals surface area contributed by atoms with Gasteiger partial charge < -0.3 is 24.8 Å². The topological polar surface area (TPSA) is 129 Å². The lowest BCUT2D eigenvalue weighted by Crippen LogP contribution is -2.28. The number of aliphatic carboxylic acids is 1. The summed E-state index contributed by atoms with van der Waals surface area (Å²) < 4.78 is 10.9. The summed E-state index contributed by atoms with van der Waals surface area (Å²) >= 11 is 0.987. The quantitative estimate of drug-likeness (QED) is 0.323. The molecule has 0 saturated heterocycles. The molecule has 0 bridgehead atoms. The fourth-order valence-electron chi connectivity index (χ4n) is 2.86. The summed E-state index contributed by atoms with van der Waals surface area (Å²) in [6.07, 6.45) is -0.271. The minimum atomic E-state index is -1.25. The lowest BCUT2D eigenvalue weighted by atomic mass is 9.77. The molecule has 8 nitrogen and oxygen atoms in total. The predicted octanol–water partition coefficient (Wildman–Crippen LogP) is 2.05. The molecule has 0 fully saturated rings. The number of aryl methyl sites for hydroxylation is 1. The van der Waals surface area contributed by atoms with Crippen molar-refractivity contribution in [3.8, 4) is 5.75 Å². The molecule has 0 aromatic heterocycles. The summed E-state index contributed by atoms with van der Waals surface area (Å²) in [5.74, 6) is -0.934. The highest BCUT2D eigenvalue weighted by Gasteiger charge is 2.38. The number of nitrogens with one attached hydrogen (secondary N) is 2. The maximum absolute atomic E-state index is 11.4. The van der Waals surface area contributed by atoms with Crippen molar-refractivity contribution < 1.29 is 29.1 Å². The Bertz CT molecular complexity index is 842. The van der Waals surface area contributed by atoms with Gasteiger partial charge in [0.2, 0.25) is 5.91 Å². The van der Waals surface area contributed by atoms with Gasteiger partial charge in [0, 0.05) is 6.92 Å². The van der Waals surface area contributed by atoms with Crippen LogP contribution in [0.4, 0.5) is 0 Å². The molecule has 0 saturated carbocycles. The first-order valence-electron chi connectivity index (χ1n) is 8.73. The van der Waals surface area contributed by atoms with Gasteiger partial charge >= 0.3 is 13.1 Å². The smallest absolute Gasteiger partial charge is 0.481 e. The van der Waals surface area contributed by atoms with Gasteiger partial charge in [-0.2, -0.15) is 0 Å². The number of ether oxygens (including phenoxy) is 1. The van der Waals surface area contributed by atoms with Crippen LogP contribution in [0, 0.1) is 12.3 Å². The van der Waals surface area contributed by atoms with Gasteiger partial charge in [-0.3, -0.25) is 15.0 Å². The Balaban J connectivity index is 2.20. The summed E-state index contributed by atoms with van der Waals surface area (Å²) in [6.45, 7) is 6.97. The molecule has 10 heteroatoms. The van der Waals surface area contributed by atoms with E-state index in [0.717, 1.165) is 17.3 Å². The number of rotatable bonds is 6. The molecule has 4 N–H and O–H groups in total. The summed E-state index contributed by atoms with van der Waals surface area (Å²) in [4.78, 5) is 22.4. The molecule has 150 valence electrons. The zero-order valence-electron chi connectivity index (χ0n) is 16.2. The minimum absolute atomic E-state index is 0.147. The molecule has 1 amide bonds. The minimum Gasteiger partial charge on any atom is -0.481 e. The van der Waals surface area contributed by atoms with Crippen LogP contribution >= 0.6 is 11.8 Å². The Morgan fingerprint density at radius 1 is 1.39 bits per heavy atom. The van der Waals surface area contributed by atoms with E-state index in [1.165, 1.54) is 6.92 Å². The summed E-state index contributed by atoms with van der Waals surface area (Å²) in [6, 6.07) is 3.21. The highest BCUT2D eigenvalue weighted by atomic mass is 32.2. The third-order valence-electron chi connectivity index (χ3n) is 4.25. The summed E-state index contributed by atoms with van der Waals surface area (Å²) in [5.41, 5.74) is 2.68. The molecule has 0 aliphatic carbocycles. The fraction of sp³-hybridized carbons (Fsp3) is 0.389. The summed E-state index contributed by atoms with van der Waals surface area (Å²) in [7, 11) is -1.25. The largest absolute Gasteiger partial charge is 0.492 e. The number of amides is 1. The van der Waals surface area contributed by atoms with Crippen molar-refractivity contribution in [1.82, 2.24) is 5.32 Å². The molecule has 1 aliphatic heterocycles. The van der Waals surface area contributed by atoms with Crippen molar-refractivity contribution in [1.29, 1.82) is 5.41 Å². The van der Waals surface area contributed by atoms with E-state index in [1.807, 2.05) is 13.8 Å². The molecule has 1 aromatic rings. The van der Waals surface area contributed by atoms with E-state index in [-0.39, 0.29) is 17.6 Å². The van der Waals surface area contributed by atoms with Crippen molar-refractivity contribution >= 4 is 41.4 Å². The second-order valence-electron chi connectivity index (χ2n) is 6.45. The fourth-order valence-corrected chi connectivity index (χ4v) is 3.70. The maximum atomic E-state index is 11.4. The third kappa shape index (κ3) is 5.37. The van der Waals surface area contributed by atoms with Crippen LogP contribution in [0.1, 0.15) is 50.8 Å². The molecule has 28 heavy (non-hydrogen) atoms. The molecule has 0 spiro atoms. The first-order chi connectivity index (χ1) is 13.1. The number of fused-ring (bicyclic) bond motifs is 1. The van der Waals surface area contributed by atoms with Gasteiger partial charge in [-0.05, 0) is 66.3 Å². The van der Waals surface area contributed by atoms with Crippen LogP contribution in [-0.2, 0) is 14.2 Å².